The molecule has 1 aromatic rings. The summed E-state index contributed by atoms with van der Waals surface area (Å²) in [6.07, 6.45) is 1.91. The van der Waals surface area contributed by atoms with Crippen LogP contribution in [0.2, 0.25) is 0 Å². The molecule has 0 spiro atoms. The minimum atomic E-state index is -0.226. The monoisotopic (exact) mass is 279 g/mol. The summed E-state index contributed by atoms with van der Waals surface area (Å²) >= 11 is 0. The van der Waals surface area contributed by atoms with Gasteiger partial charge in [0, 0.05) is 19.6 Å². The number of halogens is 1. The zero-order valence-corrected chi connectivity index (χ0v) is 12.9. The van der Waals surface area contributed by atoms with Crippen molar-refractivity contribution in [3.63, 3.8) is 0 Å². The topological polar surface area (TPSA) is 12.5 Å². The van der Waals surface area contributed by atoms with Crippen molar-refractivity contribution in [1.82, 2.24) is 4.90 Å². The maximum Gasteiger partial charge on any atom is 0.119 e. The number of rotatable bonds is 5. The highest BCUT2D eigenvalue weighted by atomic mass is 19.1. The maximum atomic E-state index is 12.2. The van der Waals surface area contributed by atoms with Crippen LogP contribution in [0.5, 0.6) is 5.75 Å². The van der Waals surface area contributed by atoms with Crippen LogP contribution >= 0.6 is 0 Å². The van der Waals surface area contributed by atoms with Gasteiger partial charge in [-0.25, -0.2) is 0 Å². The second-order valence-corrected chi connectivity index (χ2v) is 6.65. The van der Waals surface area contributed by atoms with Gasteiger partial charge in [-0.05, 0) is 36.0 Å². The van der Waals surface area contributed by atoms with Crippen molar-refractivity contribution < 1.29 is 9.13 Å². The normalized spacial score (nSPS) is 20.3. The lowest BCUT2D eigenvalue weighted by atomic mass is 9.87. The van der Waals surface area contributed by atoms with E-state index in [0.717, 1.165) is 31.8 Å². The summed E-state index contributed by atoms with van der Waals surface area (Å²) in [5, 5.41) is 0. The summed E-state index contributed by atoms with van der Waals surface area (Å²) in [4.78, 5) is 2.29. The third kappa shape index (κ3) is 4.20. The number of benzene rings is 1. The minimum absolute atomic E-state index is 0.176. The lowest BCUT2D eigenvalue weighted by Gasteiger charge is -2.20. The van der Waals surface area contributed by atoms with Crippen LogP contribution in [0.25, 0.3) is 0 Å². The van der Waals surface area contributed by atoms with Crippen LogP contribution in [-0.4, -0.2) is 37.3 Å². The van der Waals surface area contributed by atoms with E-state index in [9.17, 15) is 4.39 Å². The quantitative estimate of drug-likeness (QED) is 0.813. The smallest absolute Gasteiger partial charge is 0.119 e. The third-order valence-corrected chi connectivity index (χ3v) is 3.86. The molecule has 1 atom stereocenters. The molecule has 0 aromatic heterocycles. The van der Waals surface area contributed by atoms with Crippen LogP contribution < -0.4 is 4.74 Å². The van der Waals surface area contributed by atoms with Gasteiger partial charge in [0.2, 0.25) is 0 Å². The summed E-state index contributed by atoms with van der Waals surface area (Å²) in [5.41, 5.74) is 1.50. The summed E-state index contributed by atoms with van der Waals surface area (Å²) < 4.78 is 18.2. The molecule has 1 unspecified atom stereocenters. The first kappa shape index (κ1) is 15.3. The largest absolute Gasteiger partial charge is 0.489 e. The fourth-order valence-electron chi connectivity index (χ4n) is 2.61. The van der Waals surface area contributed by atoms with Crippen LogP contribution in [0.3, 0.4) is 0 Å². The first-order valence-corrected chi connectivity index (χ1v) is 7.54. The minimum Gasteiger partial charge on any atom is -0.489 e. The standard InChI is InChI=1S/C17H26FNO/c1-17(2,3)14-5-7-15(8-6-14)20-16-9-12-19(13-16)11-4-10-18/h5-8,16H,4,9-13H2,1-3H3. The Kier molecular flexibility index (Phi) is 5.03. The molecule has 1 aliphatic rings. The predicted octanol–water partition coefficient (Wildman–Crippen LogP) is 3.80. The van der Waals surface area contributed by atoms with Crippen LogP contribution in [0.1, 0.15) is 39.2 Å². The van der Waals surface area contributed by atoms with E-state index >= 15 is 0 Å². The molecule has 0 saturated carbocycles. The molecular weight excluding hydrogens is 253 g/mol. The Morgan fingerprint density at radius 3 is 2.55 bits per heavy atom. The molecule has 0 amide bonds. The lowest BCUT2D eigenvalue weighted by Crippen LogP contribution is -2.26. The first-order valence-electron chi connectivity index (χ1n) is 7.54. The molecular formula is C17H26FNO. The van der Waals surface area contributed by atoms with Gasteiger partial charge < -0.3 is 4.74 Å². The number of alkyl halides is 1. The van der Waals surface area contributed by atoms with Gasteiger partial charge in [0.05, 0.1) is 6.67 Å². The maximum absolute atomic E-state index is 12.2. The van der Waals surface area contributed by atoms with Crippen LogP contribution in [0, 0.1) is 0 Å². The number of hydrogen-bond donors (Lipinski definition) is 0. The highest BCUT2D eigenvalue weighted by molar-refractivity contribution is 5.31. The van der Waals surface area contributed by atoms with Crippen LogP contribution in [0.4, 0.5) is 4.39 Å². The Morgan fingerprint density at radius 2 is 1.95 bits per heavy atom. The van der Waals surface area contributed by atoms with E-state index in [1.165, 1.54) is 5.56 Å². The second kappa shape index (κ2) is 6.57. The number of nitrogens with zero attached hydrogens (tertiary/aromatic N) is 1. The number of likely N-dealkylation sites (tertiary alicyclic amines) is 1. The molecule has 1 aromatic carbocycles. The lowest BCUT2D eigenvalue weighted by molar-refractivity contribution is 0.198. The van der Waals surface area contributed by atoms with Crippen molar-refractivity contribution in [2.45, 2.75) is 45.1 Å². The fraction of sp³-hybridized carbons (Fsp3) is 0.647. The van der Waals surface area contributed by atoms with Crippen molar-refractivity contribution in [2.75, 3.05) is 26.3 Å². The zero-order valence-electron chi connectivity index (χ0n) is 12.9. The molecule has 0 bridgehead atoms. The Morgan fingerprint density at radius 1 is 1.25 bits per heavy atom. The molecule has 20 heavy (non-hydrogen) atoms. The number of ether oxygens (including phenoxy) is 1. The first-order chi connectivity index (χ1) is 9.49. The number of hydrogen-bond acceptors (Lipinski definition) is 2. The molecule has 3 heteroatoms. The molecule has 1 heterocycles. The van der Waals surface area contributed by atoms with Crippen molar-refractivity contribution in [3.8, 4) is 5.75 Å². The molecule has 0 radical (unpaired) electrons. The molecule has 0 aliphatic carbocycles. The highest BCUT2D eigenvalue weighted by Gasteiger charge is 2.23. The van der Waals surface area contributed by atoms with E-state index in [1.54, 1.807) is 0 Å². The van der Waals surface area contributed by atoms with E-state index < -0.39 is 0 Å². The van der Waals surface area contributed by atoms with Crippen molar-refractivity contribution >= 4 is 0 Å². The van der Waals surface area contributed by atoms with Crippen LogP contribution in [0.15, 0.2) is 24.3 Å². The molecule has 2 nitrogen and oxygen atoms in total. The molecule has 2 rings (SSSR count). The average Bonchev–Trinajstić information content (AvgIpc) is 2.83. The van der Waals surface area contributed by atoms with Gasteiger partial charge in [0.1, 0.15) is 11.9 Å². The van der Waals surface area contributed by atoms with Gasteiger partial charge in [0.25, 0.3) is 0 Å². The molecule has 112 valence electrons. The summed E-state index contributed by atoms with van der Waals surface area (Å²) in [6.45, 7) is 9.19. The summed E-state index contributed by atoms with van der Waals surface area (Å²) in [5.74, 6) is 0.940. The van der Waals surface area contributed by atoms with E-state index in [2.05, 4.69) is 49.9 Å². The van der Waals surface area contributed by atoms with Gasteiger partial charge in [-0.2, -0.15) is 0 Å². The zero-order chi connectivity index (χ0) is 14.6. The second-order valence-electron chi connectivity index (χ2n) is 6.65. The third-order valence-electron chi connectivity index (χ3n) is 3.86. The van der Waals surface area contributed by atoms with Gasteiger partial charge >= 0.3 is 0 Å². The fourth-order valence-corrected chi connectivity index (χ4v) is 2.61. The Hall–Kier alpha value is -1.09. The van der Waals surface area contributed by atoms with Crippen molar-refractivity contribution in [1.29, 1.82) is 0 Å². The van der Waals surface area contributed by atoms with Crippen molar-refractivity contribution in [2.24, 2.45) is 0 Å². The Labute approximate surface area is 121 Å². The van der Waals surface area contributed by atoms with E-state index in [1.807, 2.05) is 0 Å². The Balaban J connectivity index is 1.85. The molecule has 0 N–H and O–H groups in total. The van der Waals surface area contributed by atoms with Gasteiger partial charge in [0.15, 0.2) is 0 Å². The van der Waals surface area contributed by atoms with Gasteiger partial charge in [-0.3, -0.25) is 9.29 Å². The van der Waals surface area contributed by atoms with E-state index in [-0.39, 0.29) is 18.2 Å². The van der Waals surface area contributed by atoms with E-state index in [0.29, 0.717) is 6.42 Å². The summed E-state index contributed by atoms with van der Waals surface area (Å²) in [6, 6.07) is 8.41. The van der Waals surface area contributed by atoms with Gasteiger partial charge in [-0.15, -0.1) is 0 Å². The molecule has 1 fully saturated rings. The van der Waals surface area contributed by atoms with Crippen LogP contribution in [-0.2, 0) is 5.41 Å². The highest BCUT2D eigenvalue weighted by Crippen LogP contribution is 2.25. The molecule has 1 aliphatic heterocycles. The predicted molar refractivity (Wildman–Crippen MR) is 81.2 cm³/mol. The summed E-state index contributed by atoms with van der Waals surface area (Å²) in [7, 11) is 0. The SMILES string of the molecule is CC(C)(C)c1ccc(OC2CCN(CCCF)C2)cc1. The van der Waals surface area contributed by atoms with E-state index in [4.69, 9.17) is 4.74 Å². The molecule has 1 saturated heterocycles. The van der Waals surface area contributed by atoms with Gasteiger partial charge in [-0.1, -0.05) is 32.9 Å². The van der Waals surface area contributed by atoms with Crippen molar-refractivity contribution in [3.05, 3.63) is 29.8 Å². The average molecular weight is 279 g/mol. The Bertz CT molecular complexity index is 410.